The lowest BCUT2D eigenvalue weighted by molar-refractivity contribution is 0.356. The Labute approximate surface area is 132 Å². The minimum Gasteiger partial charge on any atom is -0.241 e. The molecule has 0 amide bonds. The minimum atomic E-state index is -3.21. The molecular weight excluding hydrogens is 296 g/mol. The second kappa shape index (κ2) is 6.24. The van der Waals surface area contributed by atoms with Gasteiger partial charge in [0.15, 0.2) is 9.84 Å². The summed E-state index contributed by atoms with van der Waals surface area (Å²) in [6, 6.07) is 7.29. The molecule has 0 unspecified atom stereocenters. The first-order valence-corrected chi connectivity index (χ1v) is 9.76. The third kappa shape index (κ3) is 3.40. The van der Waals surface area contributed by atoms with Crippen LogP contribution < -0.4 is 0 Å². The SMILES string of the molecule is CS(=O)(=O)c1ccc(CC2CCCCC2)c(-n2cccn2)c1. The average molecular weight is 318 g/mol. The van der Waals surface area contributed by atoms with Gasteiger partial charge in [-0.3, -0.25) is 0 Å². The maximum absolute atomic E-state index is 11.8. The number of hydrogen-bond donors (Lipinski definition) is 0. The van der Waals surface area contributed by atoms with Crippen LogP contribution in [0, 0.1) is 5.92 Å². The summed E-state index contributed by atoms with van der Waals surface area (Å²) in [7, 11) is -3.21. The Morgan fingerprint density at radius 1 is 1.23 bits per heavy atom. The van der Waals surface area contributed by atoms with Crippen molar-refractivity contribution in [1.29, 1.82) is 0 Å². The Balaban J connectivity index is 1.98. The molecule has 1 aromatic carbocycles. The quantitative estimate of drug-likeness (QED) is 0.868. The standard InChI is InChI=1S/C17H22N2O2S/c1-22(20,21)16-9-8-15(12-14-6-3-2-4-7-14)17(13-16)19-11-5-10-18-19/h5,8-11,13-14H,2-4,6-7,12H2,1H3. The van der Waals surface area contributed by atoms with Gasteiger partial charge in [-0.15, -0.1) is 0 Å². The van der Waals surface area contributed by atoms with Crippen LogP contribution in [0.3, 0.4) is 0 Å². The van der Waals surface area contributed by atoms with E-state index in [4.69, 9.17) is 0 Å². The van der Waals surface area contributed by atoms with Gasteiger partial charge in [0.2, 0.25) is 0 Å². The summed E-state index contributed by atoms with van der Waals surface area (Å²) in [5.74, 6) is 0.701. The summed E-state index contributed by atoms with van der Waals surface area (Å²) in [6.45, 7) is 0. The zero-order valence-electron chi connectivity index (χ0n) is 12.9. The van der Waals surface area contributed by atoms with Gasteiger partial charge in [0, 0.05) is 18.6 Å². The Morgan fingerprint density at radius 2 is 2.00 bits per heavy atom. The van der Waals surface area contributed by atoms with Crippen molar-refractivity contribution in [1.82, 2.24) is 9.78 Å². The zero-order chi connectivity index (χ0) is 15.6. The molecule has 1 heterocycles. The van der Waals surface area contributed by atoms with Crippen molar-refractivity contribution < 1.29 is 8.42 Å². The van der Waals surface area contributed by atoms with E-state index in [-0.39, 0.29) is 0 Å². The van der Waals surface area contributed by atoms with Crippen LogP contribution in [-0.2, 0) is 16.3 Å². The van der Waals surface area contributed by atoms with E-state index >= 15 is 0 Å². The van der Waals surface area contributed by atoms with Crippen LogP contribution in [0.4, 0.5) is 0 Å². The van der Waals surface area contributed by atoms with Gasteiger partial charge in [0.25, 0.3) is 0 Å². The predicted octanol–water partition coefficient (Wildman–Crippen LogP) is 3.40. The zero-order valence-corrected chi connectivity index (χ0v) is 13.7. The second-order valence-electron chi connectivity index (χ2n) is 6.22. The summed E-state index contributed by atoms with van der Waals surface area (Å²) < 4.78 is 25.4. The maximum Gasteiger partial charge on any atom is 0.175 e. The number of aromatic nitrogens is 2. The smallest absolute Gasteiger partial charge is 0.175 e. The largest absolute Gasteiger partial charge is 0.241 e. The molecule has 3 rings (SSSR count). The molecule has 0 saturated heterocycles. The van der Waals surface area contributed by atoms with E-state index < -0.39 is 9.84 Å². The predicted molar refractivity (Wildman–Crippen MR) is 87.0 cm³/mol. The summed E-state index contributed by atoms with van der Waals surface area (Å²) in [5, 5.41) is 4.29. The molecule has 0 spiro atoms. The van der Waals surface area contributed by atoms with E-state index in [0.29, 0.717) is 10.8 Å². The van der Waals surface area contributed by atoms with Crippen LogP contribution in [0.5, 0.6) is 0 Å². The third-order valence-corrected chi connectivity index (χ3v) is 5.58. The fraction of sp³-hybridized carbons (Fsp3) is 0.471. The summed E-state index contributed by atoms with van der Waals surface area (Å²) in [5.41, 5.74) is 2.07. The Hall–Kier alpha value is -1.62. The molecule has 22 heavy (non-hydrogen) atoms. The molecule has 0 atom stereocenters. The van der Waals surface area contributed by atoms with E-state index in [1.54, 1.807) is 23.0 Å². The second-order valence-corrected chi connectivity index (χ2v) is 8.24. The lowest BCUT2D eigenvalue weighted by atomic mass is 9.84. The first kappa shape index (κ1) is 15.3. The van der Waals surface area contributed by atoms with Gasteiger partial charge >= 0.3 is 0 Å². The lowest BCUT2D eigenvalue weighted by Gasteiger charge is -2.23. The van der Waals surface area contributed by atoms with Crippen molar-refractivity contribution in [3.63, 3.8) is 0 Å². The Morgan fingerprint density at radius 3 is 2.64 bits per heavy atom. The molecule has 1 aliphatic rings. The van der Waals surface area contributed by atoms with Gasteiger partial charge in [0.05, 0.1) is 10.6 Å². The first-order chi connectivity index (χ1) is 10.5. The fourth-order valence-corrected chi connectivity index (χ4v) is 3.91. The molecule has 1 fully saturated rings. The number of rotatable bonds is 4. The van der Waals surface area contributed by atoms with E-state index in [1.807, 2.05) is 18.3 Å². The average Bonchev–Trinajstić information content (AvgIpc) is 3.01. The van der Waals surface area contributed by atoms with E-state index in [2.05, 4.69) is 5.10 Å². The summed E-state index contributed by atoms with van der Waals surface area (Å²) >= 11 is 0. The van der Waals surface area contributed by atoms with Gasteiger partial charge in [-0.05, 0) is 36.1 Å². The van der Waals surface area contributed by atoms with Gasteiger partial charge in [0.1, 0.15) is 0 Å². The number of nitrogens with zero attached hydrogens (tertiary/aromatic N) is 2. The van der Waals surface area contributed by atoms with E-state index in [1.165, 1.54) is 43.9 Å². The molecule has 0 aliphatic heterocycles. The van der Waals surface area contributed by atoms with Gasteiger partial charge in [-0.2, -0.15) is 5.10 Å². The molecule has 0 radical (unpaired) electrons. The molecule has 5 heteroatoms. The normalized spacial score (nSPS) is 16.8. The first-order valence-electron chi connectivity index (χ1n) is 7.87. The van der Waals surface area contributed by atoms with Crippen LogP contribution in [0.15, 0.2) is 41.6 Å². The van der Waals surface area contributed by atoms with Crippen molar-refractivity contribution >= 4 is 9.84 Å². The van der Waals surface area contributed by atoms with Crippen LogP contribution in [0.2, 0.25) is 0 Å². The van der Waals surface area contributed by atoms with Crippen molar-refractivity contribution in [2.24, 2.45) is 5.92 Å². The highest BCUT2D eigenvalue weighted by Gasteiger charge is 2.18. The molecule has 4 nitrogen and oxygen atoms in total. The monoisotopic (exact) mass is 318 g/mol. The Kier molecular flexibility index (Phi) is 4.34. The highest BCUT2D eigenvalue weighted by atomic mass is 32.2. The molecule has 0 N–H and O–H groups in total. The number of sulfone groups is 1. The summed E-state index contributed by atoms with van der Waals surface area (Å²) in [6.07, 6.45) is 12.3. The molecule has 118 valence electrons. The van der Waals surface area contributed by atoms with E-state index in [9.17, 15) is 8.42 Å². The highest BCUT2D eigenvalue weighted by Crippen LogP contribution is 2.29. The van der Waals surface area contributed by atoms with Gasteiger partial charge < -0.3 is 0 Å². The minimum absolute atomic E-state index is 0.352. The third-order valence-electron chi connectivity index (χ3n) is 4.47. The molecule has 1 aliphatic carbocycles. The van der Waals surface area contributed by atoms with Crippen molar-refractivity contribution in [3.05, 3.63) is 42.2 Å². The number of hydrogen-bond acceptors (Lipinski definition) is 3. The number of benzene rings is 1. The summed E-state index contributed by atoms with van der Waals surface area (Å²) in [4.78, 5) is 0.352. The van der Waals surface area contributed by atoms with Crippen molar-refractivity contribution in [3.8, 4) is 5.69 Å². The molecular formula is C17H22N2O2S. The highest BCUT2D eigenvalue weighted by molar-refractivity contribution is 7.90. The van der Waals surface area contributed by atoms with Gasteiger partial charge in [-0.25, -0.2) is 13.1 Å². The molecule has 1 aromatic heterocycles. The fourth-order valence-electron chi connectivity index (χ4n) is 3.27. The lowest BCUT2D eigenvalue weighted by Crippen LogP contribution is -2.12. The molecule has 0 bridgehead atoms. The van der Waals surface area contributed by atoms with Crippen molar-refractivity contribution in [2.45, 2.75) is 43.4 Å². The topological polar surface area (TPSA) is 52.0 Å². The van der Waals surface area contributed by atoms with E-state index in [0.717, 1.165) is 12.1 Å². The molecule has 1 saturated carbocycles. The van der Waals surface area contributed by atoms with Crippen LogP contribution in [0.1, 0.15) is 37.7 Å². The van der Waals surface area contributed by atoms with Crippen molar-refractivity contribution in [2.75, 3.05) is 6.26 Å². The van der Waals surface area contributed by atoms with Crippen LogP contribution in [0.25, 0.3) is 5.69 Å². The molecule has 2 aromatic rings. The van der Waals surface area contributed by atoms with Crippen LogP contribution >= 0.6 is 0 Å². The Bertz CT molecular complexity index is 730. The maximum atomic E-state index is 11.8. The van der Waals surface area contributed by atoms with Gasteiger partial charge in [-0.1, -0.05) is 38.2 Å². The van der Waals surface area contributed by atoms with Crippen LogP contribution in [-0.4, -0.2) is 24.5 Å².